The molecule has 0 unspecified atom stereocenters. The average molecular weight is 544 g/mol. The van der Waals surface area contributed by atoms with Gasteiger partial charge in [-0.25, -0.2) is 0 Å². The molecular formula is C35H61NO3. The molecule has 0 saturated heterocycles. The van der Waals surface area contributed by atoms with Gasteiger partial charge in [0, 0.05) is 12.0 Å². The van der Waals surface area contributed by atoms with Crippen molar-refractivity contribution in [2.45, 2.75) is 174 Å². The van der Waals surface area contributed by atoms with Crippen molar-refractivity contribution >= 4 is 11.8 Å². The molecule has 0 spiro atoms. The number of rotatable bonds is 27. The van der Waals surface area contributed by atoms with Crippen molar-refractivity contribution in [3.8, 4) is 5.75 Å². The van der Waals surface area contributed by atoms with E-state index in [4.69, 9.17) is 0 Å². The van der Waals surface area contributed by atoms with E-state index < -0.39 is 5.91 Å². The lowest BCUT2D eigenvalue weighted by Crippen LogP contribution is -2.30. The van der Waals surface area contributed by atoms with E-state index in [9.17, 15) is 14.7 Å². The normalized spacial score (nSPS) is 11.1. The molecule has 0 radical (unpaired) electrons. The molecule has 0 atom stereocenters. The van der Waals surface area contributed by atoms with Crippen molar-refractivity contribution < 1.29 is 14.7 Å². The van der Waals surface area contributed by atoms with Gasteiger partial charge in [-0.3, -0.25) is 14.9 Å². The second kappa shape index (κ2) is 26.4. The van der Waals surface area contributed by atoms with Gasteiger partial charge in [-0.2, -0.15) is 0 Å². The third kappa shape index (κ3) is 22.7. The summed E-state index contributed by atoms with van der Waals surface area (Å²) in [6.07, 6.45) is 34.5. The number of phenols is 1. The Bertz CT molecular complexity index is 700. The number of imide groups is 1. The van der Waals surface area contributed by atoms with Crippen molar-refractivity contribution in [1.82, 2.24) is 5.32 Å². The van der Waals surface area contributed by atoms with Gasteiger partial charge in [0.15, 0.2) is 0 Å². The van der Waals surface area contributed by atoms with Crippen LogP contribution in [0.15, 0.2) is 24.3 Å². The molecular weight excluding hydrogens is 482 g/mol. The first kappa shape index (κ1) is 35.2. The van der Waals surface area contributed by atoms with Crippen LogP contribution in [0.4, 0.5) is 0 Å². The fraction of sp³-hybridized carbons (Fsp3) is 0.771. The van der Waals surface area contributed by atoms with Gasteiger partial charge < -0.3 is 5.11 Å². The van der Waals surface area contributed by atoms with E-state index in [1.807, 2.05) is 0 Å². The number of benzene rings is 1. The highest BCUT2D eigenvalue weighted by atomic mass is 16.3. The summed E-state index contributed by atoms with van der Waals surface area (Å²) in [5.41, 5.74) is 0.385. The summed E-state index contributed by atoms with van der Waals surface area (Å²) in [6, 6.07) is 5.92. The van der Waals surface area contributed by atoms with Gasteiger partial charge in [0.25, 0.3) is 5.91 Å². The van der Waals surface area contributed by atoms with Crippen LogP contribution in [-0.2, 0) is 4.79 Å². The van der Waals surface area contributed by atoms with E-state index in [0.717, 1.165) is 19.3 Å². The highest BCUT2D eigenvalue weighted by Gasteiger charge is 2.10. The van der Waals surface area contributed by atoms with Gasteiger partial charge in [0.05, 0.1) is 0 Å². The van der Waals surface area contributed by atoms with Crippen molar-refractivity contribution in [2.75, 3.05) is 0 Å². The number of nitrogens with one attached hydrogen (secondary N) is 1. The molecule has 0 aliphatic carbocycles. The molecule has 0 aliphatic heterocycles. The Kier molecular flexibility index (Phi) is 23.8. The lowest BCUT2D eigenvalue weighted by molar-refractivity contribution is -0.120. The highest BCUT2D eigenvalue weighted by molar-refractivity contribution is 6.04. The predicted octanol–water partition coefficient (Wildman–Crippen LogP) is 10.8. The molecule has 0 heterocycles. The van der Waals surface area contributed by atoms with E-state index in [0.29, 0.717) is 12.0 Å². The van der Waals surface area contributed by atoms with Crippen LogP contribution in [-0.4, -0.2) is 16.9 Å². The number of unbranched alkanes of at least 4 members (excludes halogenated alkanes) is 24. The Hall–Kier alpha value is -1.84. The van der Waals surface area contributed by atoms with E-state index >= 15 is 0 Å². The Balaban J connectivity index is 1.73. The summed E-state index contributed by atoms with van der Waals surface area (Å²) in [6.45, 7) is 2.29. The molecule has 0 aliphatic rings. The van der Waals surface area contributed by atoms with Crippen molar-refractivity contribution in [3.63, 3.8) is 0 Å². The van der Waals surface area contributed by atoms with Gasteiger partial charge in [-0.15, -0.1) is 0 Å². The quantitative estimate of drug-likeness (QED) is 0.108. The smallest absolute Gasteiger partial charge is 0.257 e. The standard InChI is InChI=1S/C35H61NO3/c1-2-3-4-5-6-7-8-9-10-11-12-13-14-15-16-17-18-19-20-21-22-23-24-25-26-27-34(38)36-35(39)32-28-30-33(37)31-29-32/h28-31,37H,2-27H2,1H3,(H,36,38,39). The summed E-state index contributed by atoms with van der Waals surface area (Å²) < 4.78 is 0. The summed E-state index contributed by atoms with van der Waals surface area (Å²) >= 11 is 0. The molecule has 4 nitrogen and oxygen atoms in total. The Morgan fingerprint density at radius 3 is 1.15 bits per heavy atom. The van der Waals surface area contributed by atoms with Crippen LogP contribution in [0.1, 0.15) is 184 Å². The minimum Gasteiger partial charge on any atom is -0.508 e. The van der Waals surface area contributed by atoms with Crippen LogP contribution < -0.4 is 5.32 Å². The maximum Gasteiger partial charge on any atom is 0.257 e. The van der Waals surface area contributed by atoms with Crippen molar-refractivity contribution in [2.24, 2.45) is 0 Å². The number of phenolic OH excluding ortho intramolecular Hbond substituents is 1. The van der Waals surface area contributed by atoms with Gasteiger partial charge in [-0.05, 0) is 30.7 Å². The maximum atomic E-state index is 12.0. The van der Waals surface area contributed by atoms with E-state index in [2.05, 4.69) is 12.2 Å². The van der Waals surface area contributed by atoms with E-state index in [1.54, 1.807) is 0 Å². The molecule has 0 aromatic heterocycles. The Morgan fingerprint density at radius 2 is 0.821 bits per heavy atom. The van der Waals surface area contributed by atoms with E-state index in [1.165, 1.54) is 166 Å². The van der Waals surface area contributed by atoms with Crippen LogP contribution in [0.5, 0.6) is 5.75 Å². The SMILES string of the molecule is CCCCCCCCCCCCCCCCCCCCCCCCCCCC(=O)NC(=O)c1ccc(O)cc1. The molecule has 2 amide bonds. The number of carbonyl (C=O) groups is 2. The van der Waals surface area contributed by atoms with Crippen molar-refractivity contribution in [1.29, 1.82) is 0 Å². The zero-order valence-electron chi connectivity index (χ0n) is 25.5. The zero-order valence-corrected chi connectivity index (χ0v) is 25.5. The molecule has 224 valence electrons. The molecule has 1 rings (SSSR count). The molecule has 0 bridgehead atoms. The zero-order chi connectivity index (χ0) is 28.2. The summed E-state index contributed by atoms with van der Waals surface area (Å²) in [4.78, 5) is 23.9. The Morgan fingerprint density at radius 1 is 0.513 bits per heavy atom. The van der Waals surface area contributed by atoms with Gasteiger partial charge in [0.2, 0.25) is 5.91 Å². The molecule has 1 aromatic carbocycles. The fourth-order valence-corrected chi connectivity index (χ4v) is 5.30. The van der Waals surface area contributed by atoms with Crippen LogP contribution in [0, 0.1) is 0 Å². The minimum atomic E-state index is -0.403. The second-order valence-electron chi connectivity index (χ2n) is 11.7. The minimum absolute atomic E-state index is 0.105. The van der Waals surface area contributed by atoms with Gasteiger partial charge in [0.1, 0.15) is 5.75 Å². The topological polar surface area (TPSA) is 66.4 Å². The predicted molar refractivity (Wildman–Crippen MR) is 166 cm³/mol. The van der Waals surface area contributed by atoms with Crippen LogP contribution in [0.2, 0.25) is 0 Å². The van der Waals surface area contributed by atoms with Gasteiger partial charge in [-0.1, -0.05) is 161 Å². The van der Waals surface area contributed by atoms with Crippen molar-refractivity contribution in [3.05, 3.63) is 29.8 Å². The summed E-state index contributed by atoms with van der Waals surface area (Å²) in [5, 5.41) is 11.7. The lowest BCUT2D eigenvalue weighted by atomic mass is 10.0. The van der Waals surface area contributed by atoms with E-state index in [-0.39, 0.29) is 11.7 Å². The first-order valence-electron chi connectivity index (χ1n) is 16.8. The fourth-order valence-electron chi connectivity index (χ4n) is 5.30. The Labute approximate surface area is 241 Å². The first-order valence-corrected chi connectivity index (χ1v) is 16.8. The molecule has 4 heteroatoms. The average Bonchev–Trinajstić information content (AvgIpc) is 2.93. The molecule has 1 aromatic rings. The number of amides is 2. The second-order valence-corrected chi connectivity index (χ2v) is 11.7. The third-order valence-corrected chi connectivity index (χ3v) is 7.89. The number of carbonyl (C=O) groups excluding carboxylic acids is 2. The maximum absolute atomic E-state index is 12.0. The first-order chi connectivity index (χ1) is 19.1. The number of hydrogen-bond acceptors (Lipinski definition) is 3. The third-order valence-electron chi connectivity index (χ3n) is 7.89. The number of hydrogen-bond donors (Lipinski definition) is 2. The molecule has 0 saturated carbocycles. The molecule has 0 fully saturated rings. The monoisotopic (exact) mass is 543 g/mol. The summed E-state index contributed by atoms with van der Waals surface area (Å²) in [5.74, 6) is -0.518. The highest BCUT2D eigenvalue weighted by Crippen LogP contribution is 2.16. The number of aromatic hydroxyl groups is 1. The summed E-state index contributed by atoms with van der Waals surface area (Å²) in [7, 11) is 0. The molecule has 39 heavy (non-hydrogen) atoms. The van der Waals surface area contributed by atoms with Crippen LogP contribution in [0.25, 0.3) is 0 Å². The van der Waals surface area contributed by atoms with Crippen LogP contribution in [0.3, 0.4) is 0 Å². The molecule has 2 N–H and O–H groups in total. The van der Waals surface area contributed by atoms with Gasteiger partial charge >= 0.3 is 0 Å². The van der Waals surface area contributed by atoms with Crippen LogP contribution >= 0.6 is 0 Å². The largest absolute Gasteiger partial charge is 0.508 e. The lowest BCUT2D eigenvalue weighted by Gasteiger charge is -2.05.